The highest BCUT2D eigenvalue weighted by Crippen LogP contribution is 2.24. The summed E-state index contributed by atoms with van der Waals surface area (Å²) in [5, 5.41) is 10.3. The molecule has 0 saturated carbocycles. The van der Waals surface area contributed by atoms with Crippen LogP contribution in [0.2, 0.25) is 0 Å². The monoisotopic (exact) mass is 260 g/mol. The first-order valence-electron chi connectivity index (χ1n) is 7.53. The molecule has 0 saturated heterocycles. The number of rotatable bonds is 7. The van der Waals surface area contributed by atoms with Crippen molar-refractivity contribution in [3.63, 3.8) is 0 Å². The summed E-state index contributed by atoms with van der Waals surface area (Å²) in [6.45, 7) is 8.45. The van der Waals surface area contributed by atoms with Crippen LogP contribution in [0, 0.1) is 6.92 Å². The Kier molecular flexibility index (Phi) is 6.30. The minimum absolute atomic E-state index is 0.484. The van der Waals surface area contributed by atoms with Crippen molar-refractivity contribution in [2.45, 2.75) is 65.4 Å². The fraction of sp³-hybridized carbons (Fsp3) is 0.556. The molecule has 1 rings (SSSR count). The Morgan fingerprint density at radius 2 is 1.89 bits per heavy atom. The summed E-state index contributed by atoms with van der Waals surface area (Å²) in [6, 6.07) is 8.65. The molecule has 0 heterocycles. The first-order chi connectivity index (χ1) is 9.04. The normalized spacial score (nSPS) is 12.8. The quantitative estimate of drug-likeness (QED) is 0.721. The fourth-order valence-corrected chi connectivity index (χ4v) is 2.43. The summed E-state index contributed by atoms with van der Waals surface area (Å²) in [6.07, 6.45) is 6.82. The van der Waals surface area contributed by atoms with Gasteiger partial charge in [0.05, 0.1) is 5.60 Å². The van der Waals surface area contributed by atoms with E-state index in [2.05, 4.69) is 58.0 Å². The van der Waals surface area contributed by atoms with Gasteiger partial charge in [-0.1, -0.05) is 56.7 Å². The van der Waals surface area contributed by atoms with E-state index in [1.54, 1.807) is 0 Å². The Balaban J connectivity index is 2.73. The van der Waals surface area contributed by atoms with E-state index in [4.69, 9.17) is 0 Å². The summed E-state index contributed by atoms with van der Waals surface area (Å²) in [7, 11) is 0. The molecule has 0 aliphatic rings. The Hall–Kier alpha value is -1.08. The molecule has 1 aromatic carbocycles. The van der Waals surface area contributed by atoms with Gasteiger partial charge in [0.2, 0.25) is 0 Å². The molecule has 0 spiro atoms. The van der Waals surface area contributed by atoms with Gasteiger partial charge < -0.3 is 5.11 Å². The maximum absolute atomic E-state index is 10.3. The Bertz CT molecular complexity index is 413. The van der Waals surface area contributed by atoms with Gasteiger partial charge in [0.15, 0.2) is 0 Å². The van der Waals surface area contributed by atoms with E-state index in [1.165, 1.54) is 16.7 Å². The van der Waals surface area contributed by atoms with E-state index in [0.717, 1.165) is 32.1 Å². The van der Waals surface area contributed by atoms with E-state index in [-0.39, 0.29) is 0 Å². The zero-order valence-electron chi connectivity index (χ0n) is 12.9. The van der Waals surface area contributed by atoms with Crippen molar-refractivity contribution in [3.05, 3.63) is 41.5 Å². The maximum atomic E-state index is 10.3. The number of aryl methyl sites for hydroxylation is 1. The molecule has 0 radical (unpaired) electrons. The molecule has 19 heavy (non-hydrogen) atoms. The first kappa shape index (κ1) is 16.0. The van der Waals surface area contributed by atoms with Gasteiger partial charge in [-0.25, -0.2) is 0 Å². The molecule has 0 amide bonds. The number of hydrogen-bond acceptors (Lipinski definition) is 1. The van der Waals surface area contributed by atoms with Crippen LogP contribution in [0.15, 0.2) is 30.3 Å². The smallest absolute Gasteiger partial charge is 0.0645 e. The summed E-state index contributed by atoms with van der Waals surface area (Å²) >= 11 is 0. The minimum Gasteiger partial charge on any atom is -0.390 e. The van der Waals surface area contributed by atoms with Gasteiger partial charge in [0, 0.05) is 0 Å². The SMILES string of the molecule is CCC(=CCCC(O)(CC)CC)c1cccc(C)c1. The second-order valence-corrected chi connectivity index (χ2v) is 5.42. The van der Waals surface area contributed by atoms with Gasteiger partial charge in [-0.3, -0.25) is 0 Å². The molecule has 106 valence electrons. The number of allylic oxidation sites excluding steroid dienone is 2. The lowest BCUT2D eigenvalue weighted by Crippen LogP contribution is -2.25. The van der Waals surface area contributed by atoms with Gasteiger partial charge in [-0.05, 0) is 50.2 Å². The molecule has 1 nitrogen and oxygen atoms in total. The highest BCUT2D eigenvalue weighted by Gasteiger charge is 2.20. The number of benzene rings is 1. The van der Waals surface area contributed by atoms with E-state index < -0.39 is 5.60 Å². The Labute approximate surface area is 118 Å². The molecule has 0 aliphatic carbocycles. The summed E-state index contributed by atoms with van der Waals surface area (Å²) < 4.78 is 0. The van der Waals surface area contributed by atoms with Crippen LogP contribution in [-0.2, 0) is 0 Å². The van der Waals surface area contributed by atoms with Gasteiger partial charge >= 0.3 is 0 Å². The molecule has 0 atom stereocenters. The summed E-state index contributed by atoms with van der Waals surface area (Å²) in [4.78, 5) is 0. The van der Waals surface area contributed by atoms with Crippen LogP contribution >= 0.6 is 0 Å². The lowest BCUT2D eigenvalue weighted by molar-refractivity contribution is 0.0246. The van der Waals surface area contributed by atoms with Crippen molar-refractivity contribution >= 4 is 5.57 Å². The highest BCUT2D eigenvalue weighted by molar-refractivity contribution is 5.65. The van der Waals surface area contributed by atoms with Crippen molar-refractivity contribution in [1.82, 2.24) is 0 Å². The number of aliphatic hydroxyl groups is 1. The fourth-order valence-electron chi connectivity index (χ4n) is 2.43. The predicted molar refractivity (Wildman–Crippen MR) is 84.2 cm³/mol. The third kappa shape index (κ3) is 4.83. The van der Waals surface area contributed by atoms with Crippen LogP contribution in [0.25, 0.3) is 5.57 Å². The average molecular weight is 260 g/mol. The van der Waals surface area contributed by atoms with E-state index in [9.17, 15) is 5.11 Å². The van der Waals surface area contributed by atoms with Crippen LogP contribution in [0.5, 0.6) is 0 Å². The van der Waals surface area contributed by atoms with Gasteiger partial charge in [-0.15, -0.1) is 0 Å². The summed E-state index contributed by atoms with van der Waals surface area (Å²) in [5.41, 5.74) is 3.52. The van der Waals surface area contributed by atoms with Gasteiger partial charge in [0.1, 0.15) is 0 Å². The molecule has 1 aromatic rings. The van der Waals surface area contributed by atoms with Gasteiger partial charge in [-0.2, -0.15) is 0 Å². The average Bonchev–Trinajstić information content (AvgIpc) is 2.43. The minimum atomic E-state index is -0.484. The molecule has 0 bridgehead atoms. The standard InChI is InChI=1S/C18H28O/c1-5-16(17-11-8-10-15(4)14-17)12-9-13-18(19,6-2)7-3/h8,10-12,14,19H,5-7,9,13H2,1-4H3. The second-order valence-electron chi connectivity index (χ2n) is 5.42. The van der Waals surface area contributed by atoms with Gasteiger partial charge in [0.25, 0.3) is 0 Å². The molecule has 0 fully saturated rings. The number of hydrogen-bond donors (Lipinski definition) is 1. The summed E-state index contributed by atoms with van der Waals surface area (Å²) in [5.74, 6) is 0. The topological polar surface area (TPSA) is 20.2 Å². The first-order valence-corrected chi connectivity index (χ1v) is 7.53. The molecule has 0 aromatic heterocycles. The Morgan fingerprint density at radius 3 is 2.42 bits per heavy atom. The maximum Gasteiger partial charge on any atom is 0.0645 e. The molecule has 0 aliphatic heterocycles. The van der Waals surface area contributed by atoms with Crippen molar-refractivity contribution in [1.29, 1.82) is 0 Å². The molecule has 0 unspecified atom stereocenters. The molecular formula is C18H28O. The van der Waals surface area contributed by atoms with Crippen LogP contribution in [-0.4, -0.2) is 10.7 Å². The largest absolute Gasteiger partial charge is 0.390 e. The van der Waals surface area contributed by atoms with Crippen LogP contribution in [0.1, 0.15) is 64.0 Å². The molecule has 1 heteroatoms. The lowest BCUT2D eigenvalue weighted by Gasteiger charge is -2.24. The van der Waals surface area contributed by atoms with Crippen LogP contribution in [0.4, 0.5) is 0 Å². The van der Waals surface area contributed by atoms with Crippen LogP contribution < -0.4 is 0 Å². The van der Waals surface area contributed by atoms with E-state index in [0.29, 0.717) is 0 Å². The van der Waals surface area contributed by atoms with Crippen molar-refractivity contribution in [2.24, 2.45) is 0 Å². The zero-order chi connectivity index (χ0) is 14.3. The third-order valence-electron chi connectivity index (χ3n) is 4.09. The van der Waals surface area contributed by atoms with E-state index >= 15 is 0 Å². The van der Waals surface area contributed by atoms with E-state index in [1.807, 2.05) is 0 Å². The zero-order valence-corrected chi connectivity index (χ0v) is 12.9. The van der Waals surface area contributed by atoms with Crippen molar-refractivity contribution < 1.29 is 5.11 Å². The lowest BCUT2D eigenvalue weighted by atomic mass is 9.90. The third-order valence-corrected chi connectivity index (χ3v) is 4.09. The second kappa shape index (κ2) is 7.49. The van der Waals surface area contributed by atoms with Crippen LogP contribution in [0.3, 0.4) is 0 Å². The Morgan fingerprint density at radius 1 is 1.21 bits per heavy atom. The van der Waals surface area contributed by atoms with Crippen molar-refractivity contribution in [2.75, 3.05) is 0 Å². The highest BCUT2D eigenvalue weighted by atomic mass is 16.3. The molecular weight excluding hydrogens is 232 g/mol. The van der Waals surface area contributed by atoms with Crippen molar-refractivity contribution in [3.8, 4) is 0 Å². The molecule has 1 N–H and O–H groups in total. The predicted octanol–water partition coefficient (Wildman–Crippen LogP) is 5.12.